The molecule has 0 aliphatic carbocycles. The Morgan fingerprint density at radius 3 is 2.79 bits per heavy atom. The number of hydrogen-bond donors (Lipinski definition) is 2. The van der Waals surface area contributed by atoms with Gasteiger partial charge in [-0.15, -0.1) is 0 Å². The number of sulfonamides is 1. The molecule has 0 fully saturated rings. The van der Waals surface area contributed by atoms with E-state index in [4.69, 9.17) is 4.74 Å². The van der Waals surface area contributed by atoms with Gasteiger partial charge in [0.1, 0.15) is 10.6 Å². The van der Waals surface area contributed by atoms with Crippen LogP contribution in [0.4, 0.5) is 0 Å². The Hall–Kier alpha value is -2.39. The number of methoxy groups -OCH3 is 1. The highest BCUT2D eigenvalue weighted by Gasteiger charge is 2.20. The van der Waals surface area contributed by atoms with Gasteiger partial charge in [-0.3, -0.25) is 9.48 Å². The summed E-state index contributed by atoms with van der Waals surface area (Å²) in [4.78, 5) is 12.1. The standard InChI is InChI=1S/C15H20N4O4S/c1-16-24(21,22)14-11-12(5-6-13(14)23-2)15(20)17-7-3-9-19-10-4-8-18-19/h4-6,8,10-11,16H,3,7,9H2,1-2H3,(H,17,20). The second-order valence-corrected chi connectivity index (χ2v) is 6.81. The molecule has 1 amide bonds. The molecule has 0 aliphatic rings. The van der Waals surface area contributed by atoms with Gasteiger partial charge in [0.25, 0.3) is 5.91 Å². The topological polar surface area (TPSA) is 102 Å². The molecule has 8 nitrogen and oxygen atoms in total. The van der Waals surface area contributed by atoms with E-state index in [0.29, 0.717) is 19.5 Å². The van der Waals surface area contributed by atoms with Crippen LogP contribution in [0.3, 0.4) is 0 Å². The summed E-state index contributed by atoms with van der Waals surface area (Å²) in [5.41, 5.74) is 0.253. The van der Waals surface area contributed by atoms with Gasteiger partial charge in [-0.2, -0.15) is 5.10 Å². The van der Waals surface area contributed by atoms with Gasteiger partial charge in [-0.1, -0.05) is 0 Å². The number of carbonyl (C=O) groups is 1. The van der Waals surface area contributed by atoms with Gasteiger partial charge in [0.15, 0.2) is 0 Å². The molecule has 1 aromatic heterocycles. The molecule has 0 atom stereocenters. The van der Waals surface area contributed by atoms with Crippen LogP contribution in [0.5, 0.6) is 5.75 Å². The Kier molecular flexibility index (Phi) is 5.93. The number of ether oxygens (including phenoxy) is 1. The fraction of sp³-hybridized carbons (Fsp3) is 0.333. The van der Waals surface area contributed by atoms with E-state index in [1.54, 1.807) is 10.9 Å². The molecule has 24 heavy (non-hydrogen) atoms. The van der Waals surface area contributed by atoms with Crippen LogP contribution >= 0.6 is 0 Å². The zero-order valence-corrected chi connectivity index (χ0v) is 14.3. The van der Waals surface area contributed by atoms with E-state index in [2.05, 4.69) is 15.1 Å². The van der Waals surface area contributed by atoms with Gasteiger partial charge in [-0.05, 0) is 37.7 Å². The van der Waals surface area contributed by atoms with E-state index in [-0.39, 0.29) is 22.1 Å². The number of nitrogens with zero attached hydrogens (tertiary/aromatic N) is 2. The Labute approximate surface area is 140 Å². The lowest BCUT2D eigenvalue weighted by Crippen LogP contribution is -2.26. The van der Waals surface area contributed by atoms with Crippen molar-refractivity contribution in [2.45, 2.75) is 17.9 Å². The summed E-state index contributed by atoms with van der Waals surface area (Å²) < 4.78 is 33.1. The molecule has 0 saturated carbocycles. The van der Waals surface area contributed by atoms with Crippen molar-refractivity contribution in [3.05, 3.63) is 42.2 Å². The smallest absolute Gasteiger partial charge is 0.251 e. The highest BCUT2D eigenvalue weighted by atomic mass is 32.2. The summed E-state index contributed by atoms with van der Waals surface area (Å²) in [5.74, 6) is -0.162. The molecule has 1 aromatic carbocycles. The van der Waals surface area contributed by atoms with Crippen molar-refractivity contribution in [1.29, 1.82) is 0 Å². The number of hydrogen-bond acceptors (Lipinski definition) is 5. The third kappa shape index (κ3) is 4.33. The van der Waals surface area contributed by atoms with E-state index in [9.17, 15) is 13.2 Å². The van der Waals surface area contributed by atoms with Crippen molar-refractivity contribution in [2.24, 2.45) is 0 Å². The fourth-order valence-corrected chi connectivity index (χ4v) is 3.03. The van der Waals surface area contributed by atoms with Crippen molar-refractivity contribution in [2.75, 3.05) is 20.7 Å². The summed E-state index contributed by atoms with van der Waals surface area (Å²) in [6, 6.07) is 6.12. The van der Waals surface area contributed by atoms with Crippen molar-refractivity contribution < 1.29 is 17.9 Å². The van der Waals surface area contributed by atoms with Crippen LogP contribution in [0.25, 0.3) is 0 Å². The molecular weight excluding hydrogens is 332 g/mol. The minimum absolute atomic E-state index is 0.0725. The first-order valence-corrected chi connectivity index (χ1v) is 8.83. The Balaban J connectivity index is 2.02. The van der Waals surface area contributed by atoms with E-state index >= 15 is 0 Å². The highest BCUT2D eigenvalue weighted by Crippen LogP contribution is 2.24. The molecule has 9 heteroatoms. The molecule has 0 unspecified atom stereocenters. The van der Waals surface area contributed by atoms with Gasteiger partial charge < -0.3 is 10.1 Å². The molecule has 2 rings (SSSR count). The van der Waals surface area contributed by atoms with Crippen LogP contribution in [-0.2, 0) is 16.6 Å². The summed E-state index contributed by atoms with van der Waals surface area (Å²) in [5, 5.41) is 6.83. The maximum atomic E-state index is 12.2. The third-order valence-electron chi connectivity index (χ3n) is 3.39. The van der Waals surface area contributed by atoms with E-state index in [1.165, 1.54) is 32.4 Å². The lowest BCUT2D eigenvalue weighted by molar-refractivity contribution is 0.0952. The SMILES string of the molecule is CNS(=O)(=O)c1cc(C(=O)NCCCn2cccn2)ccc1OC. The Morgan fingerprint density at radius 2 is 2.17 bits per heavy atom. The molecular formula is C15H20N4O4S. The summed E-state index contributed by atoms with van der Waals surface area (Å²) in [6.45, 7) is 1.15. The van der Waals surface area contributed by atoms with Crippen LogP contribution in [-0.4, -0.2) is 44.8 Å². The number of aryl methyl sites for hydroxylation is 1. The maximum Gasteiger partial charge on any atom is 0.251 e. The third-order valence-corrected chi connectivity index (χ3v) is 4.83. The Bertz CT molecular complexity index is 788. The maximum absolute atomic E-state index is 12.2. The quantitative estimate of drug-likeness (QED) is 0.678. The number of benzene rings is 1. The second-order valence-electron chi connectivity index (χ2n) is 4.95. The zero-order valence-electron chi connectivity index (χ0n) is 13.5. The van der Waals surface area contributed by atoms with Crippen molar-refractivity contribution in [3.8, 4) is 5.75 Å². The molecule has 2 aromatic rings. The molecule has 0 radical (unpaired) electrons. The first kappa shape index (κ1) is 18.0. The van der Waals surface area contributed by atoms with Crippen LogP contribution in [0.2, 0.25) is 0 Å². The van der Waals surface area contributed by atoms with Gasteiger partial charge in [0, 0.05) is 31.0 Å². The largest absolute Gasteiger partial charge is 0.495 e. The molecule has 0 saturated heterocycles. The highest BCUT2D eigenvalue weighted by molar-refractivity contribution is 7.89. The van der Waals surface area contributed by atoms with Gasteiger partial charge in [0.2, 0.25) is 10.0 Å². The molecule has 130 valence electrons. The lowest BCUT2D eigenvalue weighted by Gasteiger charge is -2.11. The van der Waals surface area contributed by atoms with Crippen molar-refractivity contribution >= 4 is 15.9 Å². The first-order chi connectivity index (χ1) is 11.5. The van der Waals surface area contributed by atoms with Gasteiger partial charge >= 0.3 is 0 Å². The minimum atomic E-state index is -3.72. The monoisotopic (exact) mass is 352 g/mol. The summed E-state index contributed by atoms with van der Waals surface area (Å²) in [7, 11) is -1.04. The minimum Gasteiger partial charge on any atom is -0.495 e. The van der Waals surface area contributed by atoms with Crippen molar-refractivity contribution in [1.82, 2.24) is 19.8 Å². The normalized spacial score (nSPS) is 11.2. The molecule has 1 heterocycles. The van der Waals surface area contributed by atoms with E-state index < -0.39 is 10.0 Å². The predicted octanol–water partition coefficient (Wildman–Crippen LogP) is 0.620. The number of carbonyl (C=O) groups excluding carboxylic acids is 1. The number of nitrogens with one attached hydrogen (secondary N) is 2. The van der Waals surface area contributed by atoms with E-state index in [0.717, 1.165) is 0 Å². The average molecular weight is 352 g/mol. The van der Waals surface area contributed by atoms with Crippen LogP contribution < -0.4 is 14.8 Å². The van der Waals surface area contributed by atoms with Gasteiger partial charge in [0.05, 0.1) is 7.11 Å². The van der Waals surface area contributed by atoms with Crippen molar-refractivity contribution in [3.63, 3.8) is 0 Å². The molecule has 0 bridgehead atoms. The van der Waals surface area contributed by atoms with Gasteiger partial charge in [-0.25, -0.2) is 13.1 Å². The Morgan fingerprint density at radius 1 is 1.38 bits per heavy atom. The van der Waals surface area contributed by atoms with Crippen LogP contribution in [0.1, 0.15) is 16.8 Å². The van der Waals surface area contributed by atoms with Crippen LogP contribution in [0.15, 0.2) is 41.6 Å². The molecule has 2 N–H and O–H groups in total. The summed E-state index contributed by atoms with van der Waals surface area (Å²) >= 11 is 0. The number of amides is 1. The van der Waals surface area contributed by atoms with E-state index in [1.807, 2.05) is 12.3 Å². The van der Waals surface area contributed by atoms with Crippen LogP contribution in [0, 0.1) is 0 Å². The predicted molar refractivity (Wildman–Crippen MR) is 88.4 cm³/mol. The molecule has 0 aliphatic heterocycles. The first-order valence-electron chi connectivity index (χ1n) is 7.35. The zero-order chi connectivity index (χ0) is 17.6. The summed E-state index contributed by atoms with van der Waals surface area (Å²) in [6.07, 6.45) is 4.26. The number of aromatic nitrogens is 2. The second kappa shape index (κ2) is 7.93. The fourth-order valence-electron chi connectivity index (χ4n) is 2.12. The lowest BCUT2D eigenvalue weighted by atomic mass is 10.2. The number of rotatable bonds is 8. The average Bonchev–Trinajstić information content (AvgIpc) is 3.11. The molecule has 0 spiro atoms.